The van der Waals surface area contributed by atoms with Gasteiger partial charge >= 0.3 is 0 Å². The maximum Gasteiger partial charge on any atom is 0.257 e. The van der Waals surface area contributed by atoms with Crippen LogP contribution in [0.3, 0.4) is 0 Å². The molecule has 3 heterocycles. The van der Waals surface area contributed by atoms with Gasteiger partial charge in [0.1, 0.15) is 0 Å². The summed E-state index contributed by atoms with van der Waals surface area (Å²) in [6.45, 7) is 6.59. The molecule has 0 bridgehead atoms. The van der Waals surface area contributed by atoms with Crippen molar-refractivity contribution in [2.45, 2.75) is 45.2 Å². The lowest BCUT2D eigenvalue weighted by Gasteiger charge is -2.47. The first-order valence-electron chi connectivity index (χ1n) is 8.84. The highest BCUT2D eigenvalue weighted by Gasteiger charge is 2.40. The zero-order valence-electron chi connectivity index (χ0n) is 14.5. The third-order valence-corrected chi connectivity index (χ3v) is 5.18. The van der Waals surface area contributed by atoms with Gasteiger partial charge in [0.2, 0.25) is 5.91 Å². The zero-order chi connectivity index (χ0) is 17.3. The SMILES string of the molecule is CC(C)n1cc(C(=O)N2CC[C@@H]3[C@@H](CCC(=O)N3CCN)C2)cn1. The Morgan fingerprint density at radius 1 is 1.42 bits per heavy atom. The molecule has 2 aliphatic heterocycles. The van der Waals surface area contributed by atoms with Crippen molar-refractivity contribution in [2.75, 3.05) is 26.2 Å². The molecule has 3 rings (SSSR count). The van der Waals surface area contributed by atoms with Gasteiger partial charge in [-0.25, -0.2) is 0 Å². The normalized spacial score (nSPS) is 24.4. The Hall–Kier alpha value is -1.89. The third-order valence-electron chi connectivity index (χ3n) is 5.18. The Bertz CT molecular complexity index is 612. The van der Waals surface area contributed by atoms with Gasteiger partial charge < -0.3 is 15.5 Å². The average Bonchev–Trinajstić information content (AvgIpc) is 3.07. The molecule has 0 aromatic carbocycles. The highest BCUT2D eigenvalue weighted by molar-refractivity contribution is 5.93. The Labute approximate surface area is 142 Å². The number of aromatic nitrogens is 2. The quantitative estimate of drug-likeness (QED) is 0.886. The second-order valence-electron chi connectivity index (χ2n) is 7.08. The molecule has 2 N–H and O–H groups in total. The average molecular weight is 333 g/mol. The van der Waals surface area contributed by atoms with Crippen molar-refractivity contribution in [1.82, 2.24) is 19.6 Å². The molecule has 2 saturated heterocycles. The molecule has 2 atom stereocenters. The predicted molar refractivity (Wildman–Crippen MR) is 90.4 cm³/mol. The minimum atomic E-state index is 0.0441. The van der Waals surface area contributed by atoms with Crippen LogP contribution in [0.25, 0.3) is 0 Å². The summed E-state index contributed by atoms with van der Waals surface area (Å²) in [5.41, 5.74) is 6.30. The zero-order valence-corrected chi connectivity index (χ0v) is 14.5. The topological polar surface area (TPSA) is 84.5 Å². The Kier molecular flexibility index (Phi) is 4.89. The van der Waals surface area contributed by atoms with Crippen molar-refractivity contribution in [3.63, 3.8) is 0 Å². The van der Waals surface area contributed by atoms with Crippen LogP contribution in [0.2, 0.25) is 0 Å². The fraction of sp³-hybridized carbons (Fsp3) is 0.706. The molecule has 132 valence electrons. The molecule has 0 saturated carbocycles. The highest BCUT2D eigenvalue weighted by Crippen LogP contribution is 2.31. The molecule has 2 amide bonds. The summed E-state index contributed by atoms with van der Waals surface area (Å²) in [5.74, 6) is 0.606. The second kappa shape index (κ2) is 6.93. The van der Waals surface area contributed by atoms with Crippen molar-refractivity contribution in [3.05, 3.63) is 18.0 Å². The van der Waals surface area contributed by atoms with E-state index in [1.807, 2.05) is 34.5 Å². The molecule has 1 aromatic heterocycles. The van der Waals surface area contributed by atoms with E-state index >= 15 is 0 Å². The summed E-state index contributed by atoms with van der Waals surface area (Å²) in [4.78, 5) is 28.7. The van der Waals surface area contributed by atoms with E-state index in [1.165, 1.54) is 0 Å². The Balaban J connectivity index is 1.68. The van der Waals surface area contributed by atoms with E-state index in [9.17, 15) is 9.59 Å². The number of hydrogen-bond donors (Lipinski definition) is 1. The number of carbonyl (C=O) groups excluding carboxylic acids is 2. The maximum absolute atomic E-state index is 12.8. The van der Waals surface area contributed by atoms with Crippen LogP contribution in [0.1, 0.15) is 49.5 Å². The van der Waals surface area contributed by atoms with Gasteiger partial charge in [-0.15, -0.1) is 0 Å². The summed E-state index contributed by atoms with van der Waals surface area (Å²) in [7, 11) is 0. The van der Waals surface area contributed by atoms with Gasteiger partial charge in [0.25, 0.3) is 5.91 Å². The van der Waals surface area contributed by atoms with Crippen LogP contribution < -0.4 is 5.73 Å². The molecule has 0 radical (unpaired) electrons. The molecule has 24 heavy (non-hydrogen) atoms. The molecule has 2 aliphatic rings. The fourth-order valence-corrected chi connectivity index (χ4v) is 3.88. The van der Waals surface area contributed by atoms with Gasteiger partial charge in [-0.3, -0.25) is 14.3 Å². The van der Waals surface area contributed by atoms with Crippen LogP contribution in [0.5, 0.6) is 0 Å². The lowest BCUT2D eigenvalue weighted by molar-refractivity contribution is -0.140. The summed E-state index contributed by atoms with van der Waals surface area (Å²) >= 11 is 0. The number of fused-ring (bicyclic) bond motifs is 1. The number of piperidine rings is 2. The maximum atomic E-state index is 12.8. The first-order valence-corrected chi connectivity index (χ1v) is 8.84. The van der Waals surface area contributed by atoms with Crippen molar-refractivity contribution in [2.24, 2.45) is 11.7 Å². The van der Waals surface area contributed by atoms with E-state index in [-0.39, 0.29) is 23.9 Å². The number of likely N-dealkylation sites (tertiary alicyclic amines) is 2. The molecule has 0 spiro atoms. The Morgan fingerprint density at radius 2 is 2.21 bits per heavy atom. The van der Waals surface area contributed by atoms with E-state index in [1.54, 1.807) is 6.20 Å². The lowest BCUT2D eigenvalue weighted by atomic mass is 9.83. The summed E-state index contributed by atoms with van der Waals surface area (Å²) in [6, 6.07) is 0.476. The van der Waals surface area contributed by atoms with Crippen LogP contribution in [-0.4, -0.2) is 63.6 Å². The van der Waals surface area contributed by atoms with Crippen LogP contribution >= 0.6 is 0 Å². The number of amides is 2. The fourth-order valence-electron chi connectivity index (χ4n) is 3.88. The predicted octanol–water partition coefficient (Wildman–Crippen LogP) is 0.876. The van der Waals surface area contributed by atoms with E-state index in [2.05, 4.69) is 5.10 Å². The van der Waals surface area contributed by atoms with Crippen LogP contribution in [-0.2, 0) is 4.79 Å². The summed E-state index contributed by atoms with van der Waals surface area (Å²) in [6.07, 6.45) is 5.73. The van der Waals surface area contributed by atoms with Crippen molar-refractivity contribution < 1.29 is 9.59 Å². The molecule has 0 unspecified atom stereocenters. The van der Waals surface area contributed by atoms with Gasteiger partial charge in [-0.2, -0.15) is 5.10 Å². The van der Waals surface area contributed by atoms with E-state index in [0.29, 0.717) is 44.1 Å². The Morgan fingerprint density at radius 3 is 2.88 bits per heavy atom. The number of nitrogens with zero attached hydrogens (tertiary/aromatic N) is 4. The molecular weight excluding hydrogens is 306 g/mol. The number of carbonyl (C=O) groups is 2. The second-order valence-corrected chi connectivity index (χ2v) is 7.08. The molecule has 0 aliphatic carbocycles. The summed E-state index contributed by atoms with van der Waals surface area (Å²) < 4.78 is 1.81. The van der Waals surface area contributed by atoms with Gasteiger partial charge in [-0.1, -0.05) is 0 Å². The lowest BCUT2D eigenvalue weighted by Crippen LogP contribution is -2.57. The standard InChI is InChI=1S/C17H27N5O2/c1-12(2)22-11-14(9-19-22)17(24)20-7-5-15-13(10-20)3-4-16(23)21(15)8-6-18/h9,11-13,15H,3-8,10,18H2,1-2H3/t13-,15+/m0/s1. The van der Waals surface area contributed by atoms with Gasteiger partial charge in [-0.05, 0) is 32.6 Å². The van der Waals surface area contributed by atoms with Crippen molar-refractivity contribution in [3.8, 4) is 0 Å². The first kappa shape index (κ1) is 17.0. The van der Waals surface area contributed by atoms with Crippen LogP contribution in [0.15, 0.2) is 12.4 Å². The molecule has 1 aromatic rings. The molecule has 7 nitrogen and oxygen atoms in total. The van der Waals surface area contributed by atoms with E-state index in [0.717, 1.165) is 12.8 Å². The largest absolute Gasteiger partial charge is 0.338 e. The van der Waals surface area contributed by atoms with E-state index < -0.39 is 0 Å². The molecular formula is C17H27N5O2. The van der Waals surface area contributed by atoms with Crippen LogP contribution in [0, 0.1) is 5.92 Å². The highest BCUT2D eigenvalue weighted by atomic mass is 16.2. The van der Waals surface area contributed by atoms with Gasteiger partial charge in [0.15, 0.2) is 0 Å². The first-order chi connectivity index (χ1) is 11.5. The minimum absolute atomic E-state index is 0.0441. The van der Waals surface area contributed by atoms with Crippen molar-refractivity contribution >= 4 is 11.8 Å². The summed E-state index contributed by atoms with van der Waals surface area (Å²) in [5, 5.41) is 4.26. The monoisotopic (exact) mass is 333 g/mol. The van der Waals surface area contributed by atoms with Crippen LogP contribution in [0.4, 0.5) is 0 Å². The molecule has 7 heteroatoms. The smallest absolute Gasteiger partial charge is 0.257 e. The van der Waals surface area contributed by atoms with Gasteiger partial charge in [0.05, 0.1) is 11.8 Å². The number of hydrogen-bond acceptors (Lipinski definition) is 4. The number of rotatable bonds is 4. The molecule has 2 fully saturated rings. The number of nitrogens with two attached hydrogens (primary N) is 1. The third kappa shape index (κ3) is 3.17. The van der Waals surface area contributed by atoms with Crippen molar-refractivity contribution in [1.29, 1.82) is 0 Å². The van der Waals surface area contributed by atoms with E-state index in [4.69, 9.17) is 5.73 Å². The van der Waals surface area contributed by atoms with Gasteiger partial charge in [0, 0.05) is 50.9 Å². The minimum Gasteiger partial charge on any atom is -0.338 e.